The summed E-state index contributed by atoms with van der Waals surface area (Å²) < 4.78 is 0. The summed E-state index contributed by atoms with van der Waals surface area (Å²) in [4.78, 5) is 12.5. The van der Waals surface area contributed by atoms with Gasteiger partial charge in [-0.25, -0.2) is 0 Å². The highest BCUT2D eigenvalue weighted by molar-refractivity contribution is 6.89. The molecule has 0 aliphatic rings. The average molecular weight is 318 g/mol. The van der Waals surface area contributed by atoms with Crippen LogP contribution in [0, 0.1) is 0 Å². The number of carbonyl (C=O) groups excluding carboxylic acids is 1. The van der Waals surface area contributed by atoms with Crippen LogP contribution in [-0.2, 0) is 6.54 Å². The van der Waals surface area contributed by atoms with Gasteiger partial charge in [0.25, 0.3) is 5.91 Å². The molecule has 0 heterocycles. The molecule has 1 amide bonds. The molecule has 2 aromatic carbocycles. The van der Waals surface area contributed by atoms with Gasteiger partial charge >= 0.3 is 0 Å². The molecule has 110 valence electrons. The number of rotatable bonds is 4. The first-order chi connectivity index (χ1) is 9.89. The van der Waals surface area contributed by atoms with E-state index in [9.17, 15) is 4.79 Å². The number of benzene rings is 2. The number of carbonyl (C=O) groups is 1. The molecule has 0 aromatic heterocycles. The lowest BCUT2D eigenvalue weighted by atomic mass is 10.2. The molecule has 0 aliphatic heterocycles. The molecule has 0 saturated heterocycles. The predicted octanol–water partition coefficient (Wildman–Crippen LogP) is 3.82. The zero-order chi connectivity index (χ0) is 15.5. The molecule has 0 spiro atoms. The van der Waals surface area contributed by atoms with Crippen LogP contribution in [0.1, 0.15) is 15.9 Å². The Morgan fingerprint density at radius 1 is 1.05 bits per heavy atom. The van der Waals surface area contributed by atoms with E-state index in [0.29, 0.717) is 17.1 Å². The molecule has 0 radical (unpaired) electrons. The van der Waals surface area contributed by atoms with E-state index < -0.39 is 8.07 Å². The quantitative estimate of drug-likeness (QED) is 0.853. The van der Waals surface area contributed by atoms with Crippen LogP contribution in [0.3, 0.4) is 0 Å². The van der Waals surface area contributed by atoms with Crippen LogP contribution in [-0.4, -0.2) is 14.0 Å². The molecule has 21 heavy (non-hydrogen) atoms. The number of nitrogens with one attached hydrogen (secondary N) is 1. The normalized spacial score (nSPS) is 11.2. The van der Waals surface area contributed by atoms with Gasteiger partial charge in [0.1, 0.15) is 0 Å². The van der Waals surface area contributed by atoms with E-state index in [1.165, 1.54) is 0 Å². The van der Waals surface area contributed by atoms with Crippen molar-refractivity contribution < 1.29 is 4.79 Å². The van der Waals surface area contributed by atoms with E-state index in [2.05, 4.69) is 25.0 Å². The Hall–Kier alpha value is -1.58. The smallest absolute Gasteiger partial charge is 0.252 e. The van der Waals surface area contributed by atoms with Crippen LogP contribution in [0.5, 0.6) is 0 Å². The lowest BCUT2D eigenvalue weighted by molar-refractivity contribution is 0.0952. The Balaban J connectivity index is 2.23. The van der Waals surface area contributed by atoms with Gasteiger partial charge in [0.15, 0.2) is 0 Å². The van der Waals surface area contributed by atoms with Crippen molar-refractivity contribution in [1.29, 1.82) is 0 Å². The molecule has 0 fully saturated rings. The Bertz CT molecular complexity index is 635. The molecule has 4 heteroatoms. The summed E-state index contributed by atoms with van der Waals surface area (Å²) in [5, 5.41) is 4.59. The molecular formula is C17H20ClNOSi. The molecule has 0 aliphatic carbocycles. The van der Waals surface area contributed by atoms with E-state index >= 15 is 0 Å². The summed E-state index contributed by atoms with van der Waals surface area (Å²) in [6, 6.07) is 15.6. The maximum atomic E-state index is 12.5. The molecule has 1 N–H and O–H groups in total. The van der Waals surface area contributed by atoms with Crippen molar-refractivity contribution >= 4 is 30.8 Å². The minimum atomic E-state index is -1.63. The van der Waals surface area contributed by atoms with Gasteiger partial charge < -0.3 is 5.32 Å². The molecule has 0 atom stereocenters. The summed E-state index contributed by atoms with van der Waals surface area (Å²) in [5.74, 6) is -0.0955. The predicted molar refractivity (Wildman–Crippen MR) is 92.0 cm³/mol. The van der Waals surface area contributed by atoms with Crippen molar-refractivity contribution in [2.24, 2.45) is 0 Å². The first-order valence-corrected chi connectivity index (χ1v) is 10.9. The fourth-order valence-electron chi connectivity index (χ4n) is 2.25. The molecule has 2 nitrogen and oxygen atoms in total. The van der Waals surface area contributed by atoms with Crippen LogP contribution >= 0.6 is 11.6 Å². The molecule has 0 saturated carbocycles. The Labute approximate surface area is 132 Å². The van der Waals surface area contributed by atoms with Crippen LogP contribution in [0.2, 0.25) is 24.7 Å². The maximum absolute atomic E-state index is 12.5. The fraction of sp³-hybridized carbons (Fsp3) is 0.235. The van der Waals surface area contributed by atoms with Crippen LogP contribution in [0.4, 0.5) is 0 Å². The topological polar surface area (TPSA) is 29.1 Å². The third-order valence-electron chi connectivity index (χ3n) is 3.34. The first kappa shape index (κ1) is 15.8. The van der Waals surface area contributed by atoms with Gasteiger partial charge in [0, 0.05) is 6.54 Å². The number of hydrogen-bond acceptors (Lipinski definition) is 1. The summed E-state index contributed by atoms with van der Waals surface area (Å²) in [7, 11) is -1.63. The maximum Gasteiger partial charge on any atom is 0.252 e. The highest BCUT2D eigenvalue weighted by Crippen LogP contribution is 2.17. The minimum absolute atomic E-state index is 0.0955. The summed E-state index contributed by atoms with van der Waals surface area (Å²) in [6.45, 7) is 7.15. The van der Waals surface area contributed by atoms with E-state index in [1.807, 2.05) is 42.5 Å². The van der Waals surface area contributed by atoms with E-state index in [-0.39, 0.29) is 5.91 Å². The third kappa shape index (κ3) is 3.96. The summed E-state index contributed by atoms with van der Waals surface area (Å²) in [5.41, 5.74) is 1.71. The summed E-state index contributed by atoms with van der Waals surface area (Å²) >= 11 is 6.27. The largest absolute Gasteiger partial charge is 0.348 e. The zero-order valence-electron chi connectivity index (χ0n) is 12.6. The highest BCUT2D eigenvalue weighted by atomic mass is 35.5. The Kier molecular flexibility index (Phi) is 4.86. The Morgan fingerprint density at radius 2 is 1.71 bits per heavy atom. The number of hydrogen-bond donors (Lipinski definition) is 1. The SMILES string of the molecule is C[Si](C)(C)c1cccc(Cl)c1C(=O)NCc1ccccc1. The van der Waals surface area contributed by atoms with Gasteiger partial charge in [-0.1, -0.05) is 73.7 Å². The highest BCUT2D eigenvalue weighted by Gasteiger charge is 2.25. The molecular weight excluding hydrogens is 298 g/mol. The summed E-state index contributed by atoms with van der Waals surface area (Å²) in [6.07, 6.45) is 0. The van der Waals surface area contributed by atoms with Crippen molar-refractivity contribution in [3.05, 3.63) is 64.7 Å². The standard InChI is InChI=1S/C17H20ClNOSi/c1-21(2,3)15-11-7-10-14(18)16(15)17(20)19-12-13-8-5-4-6-9-13/h4-11H,12H2,1-3H3,(H,19,20). The average Bonchev–Trinajstić information content (AvgIpc) is 2.44. The van der Waals surface area contributed by atoms with Crippen molar-refractivity contribution in [3.8, 4) is 0 Å². The van der Waals surface area contributed by atoms with Gasteiger partial charge in [-0.15, -0.1) is 0 Å². The van der Waals surface area contributed by atoms with Gasteiger partial charge in [-0.3, -0.25) is 4.79 Å². The zero-order valence-corrected chi connectivity index (χ0v) is 14.4. The lowest BCUT2D eigenvalue weighted by Crippen LogP contribution is -2.43. The Morgan fingerprint density at radius 3 is 2.33 bits per heavy atom. The third-order valence-corrected chi connectivity index (χ3v) is 5.69. The van der Waals surface area contributed by atoms with Crippen LogP contribution in [0.25, 0.3) is 0 Å². The van der Waals surface area contributed by atoms with E-state index in [1.54, 1.807) is 6.07 Å². The van der Waals surface area contributed by atoms with Crippen molar-refractivity contribution in [1.82, 2.24) is 5.32 Å². The minimum Gasteiger partial charge on any atom is -0.348 e. The fourth-order valence-corrected chi connectivity index (χ4v) is 4.18. The molecule has 0 unspecified atom stereocenters. The molecule has 2 aromatic rings. The second-order valence-electron chi connectivity index (χ2n) is 6.08. The van der Waals surface area contributed by atoms with Crippen molar-refractivity contribution in [2.45, 2.75) is 26.2 Å². The second kappa shape index (κ2) is 6.46. The van der Waals surface area contributed by atoms with Crippen LogP contribution < -0.4 is 10.5 Å². The van der Waals surface area contributed by atoms with Gasteiger partial charge in [-0.2, -0.15) is 0 Å². The van der Waals surface area contributed by atoms with E-state index in [0.717, 1.165) is 10.8 Å². The van der Waals surface area contributed by atoms with Crippen molar-refractivity contribution in [3.63, 3.8) is 0 Å². The van der Waals surface area contributed by atoms with E-state index in [4.69, 9.17) is 11.6 Å². The number of halogens is 1. The monoisotopic (exact) mass is 317 g/mol. The van der Waals surface area contributed by atoms with Gasteiger partial charge in [-0.05, 0) is 16.8 Å². The first-order valence-electron chi connectivity index (χ1n) is 7.00. The number of amides is 1. The van der Waals surface area contributed by atoms with Crippen LogP contribution in [0.15, 0.2) is 48.5 Å². The molecule has 2 rings (SSSR count). The van der Waals surface area contributed by atoms with Crippen molar-refractivity contribution in [2.75, 3.05) is 0 Å². The lowest BCUT2D eigenvalue weighted by Gasteiger charge is -2.21. The van der Waals surface area contributed by atoms with Gasteiger partial charge in [0.05, 0.1) is 18.7 Å². The molecule has 0 bridgehead atoms. The second-order valence-corrected chi connectivity index (χ2v) is 11.5. The van der Waals surface area contributed by atoms with Gasteiger partial charge in [0.2, 0.25) is 0 Å².